The summed E-state index contributed by atoms with van der Waals surface area (Å²) < 4.78 is 5.66. The van der Waals surface area contributed by atoms with E-state index in [2.05, 4.69) is 67.5 Å². The van der Waals surface area contributed by atoms with Crippen LogP contribution in [0.15, 0.2) is 23.3 Å². The maximum absolute atomic E-state index is 11.9. The van der Waals surface area contributed by atoms with Gasteiger partial charge in [-0.15, -0.1) is 0 Å². The summed E-state index contributed by atoms with van der Waals surface area (Å²) in [6.45, 7) is 20.2. The summed E-state index contributed by atoms with van der Waals surface area (Å²) >= 11 is 0. The number of fused-ring (bicyclic) bond motifs is 7. The van der Waals surface area contributed by atoms with E-state index < -0.39 is 35.1 Å². The molecule has 0 aliphatic heterocycles. The fourth-order valence-corrected chi connectivity index (χ4v) is 10.6. The summed E-state index contributed by atoms with van der Waals surface area (Å²) in [7, 11) is 0. The van der Waals surface area contributed by atoms with E-state index >= 15 is 0 Å². The van der Waals surface area contributed by atoms with Crippen molar-refractivity contribution >= 4 is 5.97 Å². The first-order valence-corrected chi connectivity index (χ1v) is 14.5. The Morgan fingerprint density at radius 3 is 2.22 bits per heavy atom. The molecule has 0 saturated heterocycles. The lowest BCUT2D eigenvalue weighted by atomic mass is 9.35. The van der Waals surface area contributed by atoms with Crippen molar-refractivity contribution in [2.75, 3.05) is 0 Å². The third-order valence-corrected chi connectivity index (χ3v) is 13.2. The molecule has 11 atom stereocenters. The van der Waals surface area contributed by atoms with E-state index in [1.165, 1.54) is 38.2 Å². The second-order valence-electron chi connectivity index (χ2n) is 15.0. The van der Waals surface area contributed by atoms with Crippen molar-refractivity contribution in [3.63, 3.8) is 0 Å². The lowest BCUT2D eigenvalue weighted by molar-refractivity contribution is -0.238. The normalized spacial score (nSPS) is 53.6. The molecule has 5 aliphatic rings. The molecule has 5 rings (SSSR count). The fourth-order valence-electron chi connectivity index (χ4n) is 10.6. The minimum absolute atomic E-state index is 0.0438. The van der Waals surface area contributed by atoms with Crippen LogP contribution in [0.4, 0.5) is 0 Å². The number of carbonyl (C=O) groups is 1. The number of hydrogen-bond donors (Lipinski definition) is 2. The van der Waals surface area contributed by atoms with Crippen molar-refractivity contribution in [2.45, 2.75) is 119 Å². The van der Waals surface area contributed by atoms with Crippen molar-refractivity contribution in [2.24, 2.45) is 50.7 Å². The van der Waals surface area contributed by atoms with Gasteiger partial charge >= 0.3 is 5.97 Å². The van der Waals surface area contributed by atoms with Gasteiger partial charge in [0.15, 0.2) is 0 Å². The number of allylic oxidation sites excluding steroid dienone is 3. The van der Waals surface area contributed by atoms with Crippen LogP contribution in [0.1, 0.15) is 101 Å². The van der Waals surface area contributed by atoms with E-state index in [1.54, 1.807) is 5.57 Å². The highest BCUT2D eigenvalue weighted by Crippen LogP contribution is 2.74. The summed E-state index contributed by atoms with van der Waals surface area (Å²) in [4.78, 5) is 11.9. The number of carbonyl (C=O) groups excluding carboxylic acids is 1. The van der Waals surface area contributed by atoms with Crippen molar-refractivity contribution in [1.82, 2.24) is 0 Å². The summed E-state index contributed by atoms with van der Waals surface area (Å²) in [5, 5.41) is 23.2. The molecule has 36 heavy (non-hydrogen) atoms. The molecule has 1 unspecified atom stereocenters. The molecule has 0 aromatic carbocycles. The van der Waals surface area contributed by atoms with E-state index in [0.29, 0.717) is 17.3 Å². The molecule has 4 heteroatoms. The van der Waals surface area contributed by atoms with Gasteiger partial charge in [-0.05, 0) is 78.4 Å². The minimum atomic E-state index is -1.11. The van der Waals surface area contributed by atoms with Crippen LogP contribution in [0.3, 0.4) is 0 Å². The quantitative estimate of drug-likeness (QED) is 0.407. The second-order valence-corrected chi connectivity index (χ2v) is 15.0. The predicted octanol–water partition coefficient (Wildman–Crippen LogP) is 6.46. The van der Waals surface area contributed by atoms with Crippen LogP contribution in [-0.2, 0) is 9.53 Å². The monoisotopic (exact) mass is 498 g/mol. The van der Waals surface area contributed by atoms with Crippen molar-refractivity contribution in [3.8, 4) is 0 Å². The van der Waals surface area contributed by atoms with E-state index in [-0.39, 0.29) is 16.7 Å². The van der Waals surface area contributed by atoms with E-state index in [0.717, 1.165) is 18.8 Å². The van der Waals surface area contributed by atoms with Gasteiger partial charge in [0.1, 0.15) is 12.2 Å². The SMILES string of the molecule is CC(=O)O[C@H]1[C@H](O)[C@@H](O)[C@]2(C)C3=CC=C4[C@@H]5[C@@H](C)[C@H](C)CC[C@]5(C)CC[C@@]4(C)[C@]3(C)CCC2C1(C)C. The van der Waals surface area contributed by atoms with Gasteiger partial charge in [-0.25, -0.2) is 0 Å². The van der Waals surface area contributed by atoms with Crippen LogP contribution in [0.25, 0.3) is 0 Å². The Hall–Kier alpha value is -1.13. The molecule has 0 aromatic heterocycles. The summed E-state index contributed by atoms with van der Waals surface area (Å²) in [5.41, 5.74) is 2.26. The Labute approximate surface area is 219 Å². The van der Waals surface area contributed by atoms with Crippen molar-refractivity contribution in [1.29, 1.82) is 0 Å². The predicted molar refractivity (Wildman–Crippen MR) is 143 cm³/mol. The van der Waals surface area contributed by atoms with Crippen molar-refractivity contribution in [3.05, 3.63) is 23.3 Å². The first-order valence-electron chi connectivity index (χ1n) is 14.5. The Balaban J connectivity index is 1.65. The summed E-state index contributed by atoms with van der Waals surface area (Å²) in [6, 6.07) is 0. The standard InChI is InChI=1S/C32H50O4/c1-18-12-14-29(6)16-17-30(7)21(24(29)19(18)2)10-11-23-31(30,8)15-13-22-28(4,5)27(36-20(3)33)25(34)26(35)32(22,23)9/h10-11,18-19,22,24-27,34-35H,12-17H2,1-9H3/t18-,19+,22?,24+,25-,26-,27+,29-,30-,31-,32+/m1/s1. The number of esters is 1. The second kappa shape index (κ2) is 7.94. The molecule has 0 amide bonds. The third-order valence-electron chi connectivity index (χ3n) is 13.2. The molecule has 0 bridgehead atoms. The van der Waals surface area contributed by atoms with Gasteiger partial charge in [0, 0.05) is 17.8 Å². The van der Waals surface area contributed by atoms with Crippen LogP contribution >= 0.6 is 0 Å². The number of ether oxygens (including phenoxy) is 1. The van der Waals surface area contributed by atoms with Crippen LogP contribution in [-0.4, -0.2) is 34.5 Å². The number of hydrogen-bond acceptors (Lipinski definition) is 4. The molecule has 4 saturated carbocycles. The number of aliphatic hydroxyl groups excluding tert-OH is 2. The fraction of sp³-hybridized carbons (Fsp3) is 0.844. The highest BCUT2D eigenvalue weighted by Gasteiger charge is 2.70. The van der Waals surface area contributed by atoms with Gasteiger partial charge in [0.05, 0.1) is 6.10 Å². The van der Waals surface area contributed by atoms with Crippen molar-refractivity contribution < 1.29 is 19.7 Å². The first kappa shape index (κ1) is 26.5. The summed E-state index contributed by atoms with van der Waals surface area (Å²) in [5.74, 6) is 1.72. The lowest BCUT2D eigenvalue weighted by Crippen LogP contribution is -2.69. The highest BCUT2D eigenvalue weighted by atomic mass is 16.6. The number of rotatable bonds is 1. The largest absolute Gasteiger partial charge is 0.459 e. The number of aliphatic hydroxyl groups is 2. The Bertz CT molecular complexity index is 1010. The summed E-state index contributed by atoms with van der Waals surface area (Å²) in [6.07, 6.45) is 9.11. The lowest BCUT2D eigenvalue weighted by Gasteiger charge is -2.70. The van der Waals surface area contributed by atoms with Gasteiger partial charge < -0.3 is 14.9 Å². The Morgan fingerprint density at radius 2 is 1.58 bits per heavy atom. The molecule has 5 aliphatic carbocycles. The molecule has 0 heterocycles. The zero-order valence-electron chi connectivity index (χ0n) is 24.1. The third kappa shape index (κ3) is 3.09. The molecule has 2 N–H and O–H groups in total. The topological polar surface area (TPSA) is 66.8 Å². The van der Waals surface area contributed by atoms with Crippen LogP contribution in [0, 0.1) is 50.7 Å². The molecular weight excluding hydrogens is 448 g/mol. The molecule has 4 fully saturated rings. The Morgan fingerprint density at radius 1 is 0.917 bits per heavy atom. The molecule has 0 radical (unpaired) electrons. The maximum atomic E-state index is 11.9. The van der Waals surface area contributed by atoms with E-state index in [4.69, 9.17) is 4.74 Å². The van der Waals surface area contributed by atoms with Crippen LogP contribution in [0.2, 0.25) is 0 Å². The molecule has 0 spiro atoms. The molecule has 4 nitrogen and oxygen atoms in total. The smallest absolute Gasteiger partial charge is 0.303 e. The van der Waals surface area contributed by atoms with Gasteiger partial charge in [0.2, 0.25) is 0 Å². The van der Waals surface area contributed by atoms with Gasteiger partial charge in [-0.1, -0.05) is 78.7 Å². The minimum Gasteiger partial charge on any atom is -0.459 e. The van der Waals surface area contributed by atoms with Gasteiger partial charge in [-0.2, -0.15) is 0 Å². The molecular formula is C32H50O4. The highest BCUT2D eigenvalue weighted by molar-refractivity contribution is 5.66. The average Bonchev–Trinajstić information content (AvgIpc) is 2.79. The van der Waals surface area contributed by atoms with Crippen LogP contribution < -0.4 is 0 Å². The first-order chi connectivity index (χ1) is 16.6. The zero-order chi connectivity index (χ0) is 26.6. The van der Waals surface area contributed by atoms with E-state index in [9.17, 15) is 15.0 Å². The molecule has 0 aromatic rings. The van der Waals surface area contributed by atoms with Gasteiger partial charge in [-0.3, -0.25) is 4.79 Å². The molecule has 202 valence electrons. The Kier molecular flexibility index (Phi) is 5.84. The van der Waals surface area contributed by atoms with Gasteiger partial charge in [0.25, 0.3) is 0 Å². The van der Waals surface area contributed by atoms with E-state index in [1.807, 2.05) is 0 Å². The van der Waals surface area contributed by atoms with Crippen LogP contribution in [0.5, 0.6) is 0 Å². The average molecular weight is 499 g/mol. The zero-order valence-corrected chi connectivity index (χ0v) is 24.1. The maximum Gasteiger partial charge on any atom is 0.303 e.